The second kappa shape index (κ2) is 11.6. The first-order chi connectivity index (χ1) is 9.75. The third-order valence-corrected chi connectivity index (χ3v) is 2.63. The van der Waals surface area contributed by atoms with Crippen LogP contribution in [-0.4, -0.2) is 11.4 Å². The van der Waals surface area contributed by atoms with E-state index in [2.05, 4.69) is 40.6 Å². The molecular formula is C17H19BrN2Pd. The molecule has 0 amide bonds. The van der Waals surface area contributed by atoms with Gasteiger partial charge >= 0.3 is 30.6 Å². The van der Waals surface area contributed by atoms with Crippen LogP contribution in [0.1, 0.15) is 13.8 Å². The van der Waals surface area contributed by atoms with Gasteiger partial charge in [0.05, 0.1) is 22.8 Å². The molecule has 4 heteroatoms. The van der Waals surface area contributed by atoms with Gasteiger partial charge in [-0.05, 0) is 38.1 Å². The molecule has 0 bridgehead atoms. The molecule has 0 fully saturated rings. The number of nitrogens with zero attached hydrogens (tertiary/aromatic N) is 2. The quantitative estimate of drug-likeness (QED) is 0.326. The normalized spacial score (nSPS) is 11.1. The number of halogens is 1. The Morgan fingerprint density at radius 1 is 0.714 bits per heavy atom. The van der Waals surface area contributed by atoms with E-state index >= 15 is 0 Å². The molecule has 0 saturated carbocycles. The first-order valence-electron chi connectivity index (χ1n) is 6.09. The monoisotopic (exact) mass is 436 g/mol. The van der Waals surface area contributed by atoms with E-state index in [1.807, 2.05) is 74.5 Å². The molecule has 0 atom stereocenters. The van der Waals surface area contributed by atoms with Crippen LogP contribution in [0.2, 0.25) is 0 Å². The van der Waals surface area contributed by atoms with Gasteiger partial charge in [0.15, 0.2) is 0 Å². The van der Waals surface area contributed by atoms with Gasteiger partial charge < -0.3 is 7.43 Å². The van der Waals surface area contributed by atoms with Crippen molar-refractivity contribution in [3.8, 4) is 0 Å². The third-order valence-electron chi connectivity index (χ3n) is 2.63. The van der Waals surface area contributed by atoms with E-state index in [0.717, 1.165) is 22.8 Å². The van der Waals surface area contributed by atoms with Crippen molar-refractivity contribution < 1.29 is 17.2 Å². The van der Waals surface area contributed by atoms with Gasteiger partial charge in [-0.1, -0.05) is 36.4 Å². The minimum Gasteiger partial charge on any atom is -0.358 e. The smallest absolute Gasteiger partial charge is 0.358 e. The van der Waals surface area contributed by atoms with Gasteiger partial charge in [-0.25, -0.2) is 0 Å². The Bertz CT molecular complexity index is 512. The SMILES string of the molecule is CC(=Nc1ccccc1)C(C)=Nc1ccccc1.[Br][Pd+].[CH3-]. The van der Waals surface area contributed by atoms with Crippen molar-refractivity contribution in [3.05, 3.63) is 68.1 Å². The maximum absolute atomic E-state index is 4.54. The minimum absolute atomic E-state index is 0. The Morgan fingerprint density at radius 2 is 1.00 bits per heavy atom. The summed E-state index contributed by atoms with van der Waals surface area (Å²) in [7, 11) is 0. The van der Waals surface area contributed by atoms with E-state index in [0.29, 0.717) is 0 Å². The van der Waals surface area contributed by atoms with Crippen molar-refractivity contribution in [2.24, 2.45) is 9.98 Å². The van der Waals surface area contributed by atoms with Crippen LogP contribution >= 0.6 is 13.4 Å². The van der Waals surface area contributed by atoms with Crippen molar-refractivity contribution in [3.63, 3.8) is 0 Å². The van der Waals surface area contributed by atoms with Crippen molar-refractivity contribution in [1.29, 1.82) is 0 Å². The van der Waals surface area contributed by atoms with E-state index in [-0.39, 0.29) is 7.43 Å². The molecule has 0 aliphatic carbocycles. The maximum atomic E-state index is 4.54. The van der Waals surface area contributed by atoms with E-state index in [1.54, 1.807) is 0 Å². The number of hydrogen-bond donors (Lipinski definition) is 0. The van der Waals surface area contributed by atoms with Crippen molar-refractivity contribution >= 4 is 36.2 Å². The Labute approximate surface area is 145 Å². The van der Waals surface area contributed by atoms with Gasteiger partial charge in [-0.15, -0.1) is 0 Å². The summed E-state index contributed by atoms with van der Waals surface area (Å²) in [6.45, 7) is 3.96. The molecule has 0 N–H and O–H groups in total. The molecule has 0 saturated heterocycles. The number of hydrogen-bond acceptors (Lipinski definition) is 2. The molecule has 0 aliphatic rings. The summed E-state index contributed by atoms with van der Waals surface area (Å²) in [6, 6.07) is 19.8. The molecule has 2 aromatic rings. The summed E-state index contributed by atoms with van der Waals surface area (Å²) in [5.41, 5.74) is 3.78. The largest absolute Gasteiger partial charge is 0.358 e. The number of benzene rings is 2. The molecule has 0 aliphatic heterocycles. The Hall–Kier alpha value is -1.08. The molecule has 0 spiro atoms. The van der Waals surface area contributed by atoms with Gasteiger partial charge in [0.2, 0.25) is 0 Å². The molecule has 114 valence electrons. The molecular weight excluding hydrogens is 419 g/mol. The fourth-order valence-corrected chi connectivity index (χ4v) is 1.55. The molecule has 0 aromatic heterocycles. The van der Waals surface area contributed by atoms with Crippen molar-refractivity contribution in [2.45, 2.75) is 13.8 Å². The summed E-state index contributed by atoms with van der Waals surface area (Å²) in [5.74, 6) is 0. The van der Waals surface area contributed by atoms with E-state index in [9.17, 15) is 0 Å². The number of aliphatic imine (C=N–C) groups is 2. The van der Waals surface area contributed by atoms with E-state index < -0.39 is 0 Å². The third kappa shape index (κ3) is 7.48. The van der Waals surface area contributed by atoms with Crippen LogP contribution in [0.3, 0.4) is 0 Å². The van der Waals surface area contributed by atoms with Gasteiger partial charge in [0, 0.05) is 0 Å². The maximum Gasteiger partial charge on any atom is -0.358 e. The Morgan fingerprint density at radius 3 is 1.29 bits per heavy atom. The van der Waals surface area contributed by atoms with Gasteiger partial charge in [-0.3, -0.25) is 9.98 Å². The molecule has 2 nitrogen and oxygen atoms in total. The Balaban J connectivity index is 0.00000128. The molecule has 21 heavy (non-hydrogen) atoms. The summed E-state index contributed by atoms with van der Waals surface area (Å²) < 4.78 is 0. The van der Waals surface area contributed by atoms with E-state index in [4.69, 9.17) is 0 Å². The molecule has 2 rings (SSSR count). The minimum atomic E-state index is 0. The second-order valence-electron chi connectivity index (χ2n) is 4.07. The topological polar surface area (TPSA) is 24.7 Å². The predicted octanol–water partition coefficient (Wildman–Crippen LogP) is 5.86. The predicted molar refractivity (Wildman–Crippen MR) is 93.8 cm³/mol. The van der Waals surface area contributed by atoms with Gasteiger partial charge in [-0.2, -0.15) is 0 Å². The van der Waals surface area contributed by atoms with Gasteiger partial charge in [0.25, 0.3) is 0 Å². The standard InChI is InChI=1S/C16H16N2.CH3.BrH.Pd/c1-13(17-15-9-5-3-6-10-15)14(2)18-16-11-7-4-8-12-16;;;/h3-12H,1-2H3;1H3;1H;/q;-1;;+2/p-1. The zero-order valence-corrected chi connectivity index (χ0v) is 15.5. The van der Waals surface area contributed by atoms with E-state index in [1.165, 1.54) is 0 Å². The summed E-state index contributed by atoms with van der Waals surface area (Å²) in [4.78, 5) is 9.08. The fraction of sp³-hybridized carbons (Fsp3) is 0.118. The summed E-state index contributed by atoms with van der Waals surface area (Å²) in [6.07, 6.45) is 0. The van der Waals surface area contributed by atoms with Crippen molar-refractivity contribution in [1.82, 2.24) is 0 Å². The molecule has 0 heterocycles. The van der Waals surface area contributed by atoms with Crippen LogP contribution in [-0.2, 0) is 17.2 Å². The Kier molecular flexibility index (Phi) is 11.0. The average Bonchev–Trinajstić information content (AvgIpc) is 2.51. The number of rotatable bonds is 3. The first-order valence-corrected chi connectivity index (χ1v) is 9.64. The molecule has 2 aromatic carbocycles. The fourth-order valence-electron chi connectivity index (χ4n) is 1.55. The van der Waals surface area contributed by atoms with Crippen LogP contribution < -0.4 is 0 Å². The van der Waals surface area contributed by atoms with Crippen LogP contribution in [0.25, 0.3) is 0 Å². The van der Waals surface area contributed by atoms with Crippen LogP contribution in [0.15, 0.2) is 70.6 Å². The van der Waals surface area contributed by atoms with Crippen LogP contribution in [0.5, 0.6) is 0 Å². The number of para-hydroxylation sites is 2. The van der Waals surface area contributed by atoms with Gasteiger partial charge in [0.1, 0.15) is 0 Å². The average molecular weight is 438 g/mol. The summed E-state index contributed by atoms with van der Waals surface area (Å²) >= 11 is 5.35. The van der Waals surface area contributed by atoms with Crippen molar-refractivity contribution in [2.75, 3.05) is 0 Å². The second-order valence-corrected chi connectivity index (χ2v) is 4.07. The summed E-state index contributed by atoms with van der Waals surface area (Å²) in [5, 5.41) is 0. The van der Waals surface area contributed by atoms with Crippen LogP contribution in [0.4, 0.5) is 11.4 Å². The van der Waals surface area contributed by atoms with Crippen LogP contribution in [0, 0.1) is 7.43 Å². The molecule has 0 radical (unpaired) electrons. The molecule has 0 unspecified atom stereocenters. The zero-order valence-electron chi connectivity index (χ0n) is 12.4. The first kappa shape index (κ1) is 19.9. The zero-order chi connectivity index (χ0) is 14.8.